The third-order valence-electron chi connectivity index (χ3n) is 2.12. The topological polar surface area (TPSA) is 46.2 Å². The Morgan fingerprint density at radius 2 is 1.94 bits per heavy atom. The molecule has 0 amide bonds. The Morgan fingerprint density at radius 1 is 1.31 bits per heavy atom. The lowest BCUT2D eigenvalue weighted by molar-refractivity contribution is 0.556. The highest BCUT2D eigenvalue weighted by atomic mass is 35.5. The SMILES string of the molecule is CC(CCCl)NS(=O)(=O)Cc1ccccc1. The molecule has 0 aliphatic heterocycles. The lowest BCUT2D eigenvalue weighted by atomic mass is 10.2. The molecular weight excluding hydrogens is 246 g/mol. The van der Waals surface area contributed by atoms with Gasteiger partial charge in [0.2, 0.25) is 10.0 Å². The molecule has 3 nitrogen and oxygen atoms in total. The second-order valence-corrected chi connectivity index (χ2v) is 5.87. The molecule has 0 radical (unpaired) electrons. The molecule has 0 aromatic heterocycles. The summed E-state index contributed by atoms with van der Waals surface area (Å²) < 4.78 is 26.1. The molecule has 0 spiro atoms. The van der Waals surface area contributed by atoms with Gasteiger partial charge in [-0.2, -0.15) is 0 Å². The minimum atomic E-state index is -3.26. The summed E-state index contributed by atoms with van der Waals surface area (Å²) in [6, 6.07) is 8.99. The Morgan fingerprint density at radius 3 is 2.50 bits per heavy atom. The van der Waals surface area contributed by atoms with Crippen LogP contribution < -0.4 is 4.72 Å². The summed E-state index contributed by atoms with van der Waals surface area (Å²) in [4.78, 5) is 0. The molecule has 0 fully saturated rings. The fraction of sp³-hybridized carbons (Fsp3) is 0.455. The van der Waals surface area contributed by atoms with Crippen LogP contribution in [0.3, 0.4) is 0 Å². The monoisotopic (exact) mass is 261 g/mol. The smallest absolute Gasteiger partial charge is 0.212 e. The van der Waals surface area contributed by atoms with Crippen LogP contribution >= 0.6 is 11.6 Å². The summed E-state index contributed by atoms with van der Waals surface area (Å²) in [7, 11) is -3.26. The molecule has 1 unspecified atom stereocenters. The van der Waals surface area contributed by atoms with Gasteiger partial charge in [0, 0.05) is 11.9 Å². The maximum atomic E-state index is 11.7. The van der Waals surface area contributed by atoms with Crippen molar-refractivity contribution in [1.82, 2.24) is 4.72 Å². The molecule has 1 rings (SSSR count). The lowest BCUT2D eigenvalue weighted by Gasteiger charge is -2.12. The third kappa shape index (κ3) is 4.96. The molecule has 0 saturated heterocycles. The molecule has 5 heteroatoms. The average molecular weight is 262 g/mol. The predicted octanol–water partition coefficient (Wildman–Crippen LogP) is 2.12. The fourth-order valence-electron chi connectivity index (χ4n) is 1.36. The van der Waals surface area contributed by atoms with Crippen LogP contribution in [0.2, 0.25) is 0 Å². The van der Waals surface area contributed by atoms with Gasteiger partial charge in [0.25, 0.3) is 0 Å². The number of hydrogen-bond acceptors (Lipinski definition) is 2. The van der Waals surface area contributed by atoms with Gasteiger partial charge < -0.3 is 0 Å². The molecule has 1 N–H and O–H groups in total. The van der Waals surface area contributed by atoms with Gasteiger partial charge >= 0.3 is 0 Å². The predicted molar refractivity (Wildman–Crippen MR) is 67.0 cm³/mol. The van der Waals surface area contributed by atoms with Gasteiger partial charge in [0.15, 0.2) is 0 Å². The van der Waals surface area contributed by atoms with Crippen LogP contribution in [0.1, 0.15) is 18.9 Å². The van der Waals surface area contributed by atoms with Crippen LogP contribution in [0, 0.1) is 0 Å². The van der Waals surface area contributed by atoms with Crippen LogP contribution in [-0.4, -0.2) is 20.3 Å². The molecule has 90 valence electrons. The molecule has 0 saturated carbocycles. The minimum absolute atomic E-state index is 0.0144. The van der Waals surface area contributed by atoms with E-state index in [4.69, 9.17) is 11.6 Å². The fourth-order valence-corrected chi connectivity index (χ4v) is 3.14. The van der Waals surface area contributed by atoms with Gasteiger partial charge in [-0.25, -0.2) is 13.1 Å². The normalized spacial score (nSPS) is 13.6. The van der Waals surface area contributed by atoms with E-state index in [1.54, 1.807) is 12.1 Å². The van der Waals surface area contributed by atoms with Crippen molar-refractivity contribution in [3.63, 3.8) is 0 Å². The first kappa shape index (κ1) is 13.5. The highest BCUT2D eigenvalue weighted by molar-refractivity contribution is 7.88. The number of sulfonamides is 1. The number of nitrogens with one attached hydrogen (secondary N) is 1. The molecule has 1 atom stereocenters. The van der Waals surface area contributed by atoms with E-state index in [1.165, 1.54) is 0 Å². The van der Waals surface area contributed by atoms with Crippen molar-refractivity contribution in [3.8, 4) is 0 Å². The van der Waals surface area contributed by atoms with E-state index in [-0.39, 0.29) is 11.8 Å². The molecule has 0 bridgehead atoms. The zero-order valence-corrected chi connectivity index (χ0v) is 10.8. The minimum Gasteiger partial charge on any atom is -0.212 e. The Balaban J connectivity index is 2.59. The second-order valence-electron chi connectivity index (χ2n) is 3.74. The maximum absolute atomic E-state index is 11.7. The number of benzene rings is 1. The summed E-state index contributed by atoms with van der Waals surface area (Å²) in [5.74, 6) is 0.468. The van der Waals surface area contributed by atoms with Gasteiger partial charge in [0.05, 0.1) is 5.75 Å². The highest BCUT2D eigenvalue weighted by Crippen LogP contribution is 2.05. The van der Waals surface area contributed by atoms with Gasteiger partial charge in [-0.05, 0) is 18.9 Å². The zero-order chi connectivity index (χ0) is 12.0. The number of rotatable bonds is 6. The van der Waals surface area contributed by atoms with Crippen molar-refractivity contribution in [2.75, 3.05) is 5.88 Å². The van der Waals surface area contributed by atoms with Crippen LogP contribution in [0.25, 0.3) is 0 Å². The molecular formula is C11H16ClNO2S. The zero-order valence-electron chi connectivity index (χ0n) is 9.19. The van der Waals surface area contributed by atoms with Gasteiger partial charge in [0.1, 0.15) is 0 Å². The molecule has 1 aromatic rings. The van der Waals surface area contributed by atoms with Crippen LogP contribution in [0.4, 0.5) is 0 Å². The van der Waals surface area contributed by atoms with Crippen molar-refractivity contribution < 1.29 is 8.42 Å². The van der Waals surface area contributed by atoms with E-state index >= 15 is 0 Å². The summed E-state index contributed by atoms with van der Waals surface area (Å²) >= 11 is 5.55. The Hall–Kier alpha value is -0.580. The van der Waals surface area contributed by atoms with Crippen molar-refractivity contribution in [1.29, 1.82) is 0 Å². The van der Waals surface area contributed by atoms with Crippen LogP contribution in [0.15, 0.2) is 30.3 Å². The number of hydrogen-bond donors (Lipinski definition) is 1. The van der Waals surface area contributed by atoms with Crippen molar-refractivity contribution >= 4 is 21.6 Å². The Kier molecular flexibility index (Phi) is 5.25. The molecule has 1 aromatic carbocycles. The Labute approximate surface area is 102 Å². The summed E-state index contributed by atoms with van der Waals surface area (Å²) in [5.41, 5.74) is 0.785. The first-order valence-corrected chi connectivity index (χ1v) is 7.32. The van der Waals surface area contributed by atoms with E-state index in [0.717, 1.165) is 5.56 Å². The summed E-state index contributed by atoms with van der Waals surface area (Å²) in [6.07, 6.45) is 0.634. The largest absolute Gasteiger partial charge is 0.216 e. The quantitative estimate of drug-likeness (QED) is 0.798. The van der Waals surface area contributed by atoms with Crippen molar-refractivity contribution in [3.05, 3.63) is 35.9 Å². The average Bonchev–Trinajstić information content (AvgIpc) is 2.17. The van der Waals surface area contributed by atoms with Gasteiger partial charge in [-0.15, -0.1) is 11.6 Å². The van der Waals surface area contributed by atoms with E-state index in [9.17, 15) is 8.42 Å². The Bertz CT molecular complexity index is 405. The van der Waals surface area contributed by atoms with E-state index in [2.05, 4.69) is 4.72 Å². The first-order chi connectivity index (χ1) is 7.53. The van der Waals surface area contributed by atoms with E-state index < -0.39 is 10.0 Å². The number of halogens is 1. The molecule has 0 aliphatic carbocycles. The number of alkyl halides is 1. The molecule has 0 aliphatic rings. The van der Waals surface area contributed by atoms with Crippen molar-refractivity contribution in [2.24, 2.45) is 0 Å². The first-order valence-electron chi connectivity index (χ1n) is 5.13. The highest BCUT2D eigenvalue weighted by Gasteiger charge is 2.14. The van der Waals surface area contributed by atoms with Crippen molar-refractivity contribution in [2.45, 2.75) is 25.1 Å². The lowest BCUT2D eigenvalue weighted by Crippen LogP contribution is -2.33. The van der Waals surface area contributed by atoms with E-state index in [1.807, 2.05) is 25.1 Å². The van der Waals surface area contributed by atoms with Gasteiger partial charge in [-0.3, -0.25) is 0 Å². The maximum Gasteiger partial charge on any atom is 0.216 e. The summed E-state index contributed by atoms with van der Waals surface area (Å²) in [6.45, 7) is 1.81. The van der Waals surface area contributed by atoms with Crippen LogP contribution in [0.5, 0.6) is 0 Å². The van der Waals surface area contributed by atoms with E-state index in [0.29, 0.717) is 12.3 Å². The van der Waals surface area contributed by atoms with Crippen LogP contribution in [-0.2, 0) is 15.8 Å². The third-order valence-corrected chi connectivity index (χ3v) is 3.82. The second kappa shape index (κ2) is 6.23. The molecule has 0 heterocycles. The van der Waals surface area contributed by atoms with Gasteiger partial charge in [-0.1, -0.05) is 30.3 Å². The standard InChI is InChI=1S/C11H16ClNO2S/c1-10(7-8-12)13-16(14,15)9-11-5-3-2-4-6-11/h2-6,10,13H,7-9H2,1H3. The summed E-state index contributed by atoms with van der Waals surface area (Å²) in [5, 5.41) is 0. The molecule has 16 heavy (non-hydrogen) atoms.